The summed E-state index contributed by atoms with van der Waals surface area (Å²) in [7, 11) is 0. The number of anilines is 1. The number of hydrogen-bond donors (Lipinski definition) is 2. The van der Waals surface area contributed by atoms with Gasteiger partial charge in [0, 0.05) is 23.7 Å². The molecule has 0 aromatic heterocycles. The number of amides is 1. The van der Waals surface area contributed by atoms with Gasteiger partial charge in [0.05, 0.1) is 6.54 Å². The Hall–Kier alpha value is -1.50. The Morgan fingerprint density at radius 2 is 2.29 bits per heavy atom. The smallest absolute Gasteiger partial charge is 0.238 e. The van der Waals surface area contributed by atoms with Gasteiger partial charge in [-0.15, -0.1) is 12.3 Å². The van der Waals surface area contributed by atoms with E-state index in [1.54, 1.807) is 12.1 Å². The number of aryl methyl sites for hydroxylation is 1. The number of terminal acetylenes is 1. The van der Waals surface area contributed by atoms with Crippen LogP contribution >= 0.6 is 11.6 Å². The lowest BCUT2D eigenvalue weighted by molar-refractivity contribution is -0.115. The zero-order valence-corrected chi connectivity index (χ0v) is 10.5. The largest absolute Gasteiger partial charge is 0.325 e. The second kappa shape index (κ2) is 6.95. The van der Waals surface area contributed by atoms with Gasteiger partial charge in [-0.05, 0) is 24.6 Å². The molecule has 0 aliphatic carbocycles. The zero-order valence-electron chi connectivity index (χ0n) is 9.72. The van der Waals surface area contributed by atoms with Crippen molar-refractivity contribution in [1.82, 2.24) is 5.32 Å². The summed E-state index contributed by atoms with van der Waals surface area (Å²) < 4.78 is 0. The van der Waals surface area contributed by atoms with Crippen molar-refractivity contribution < 1.29 is 4.79 Å². The molecule has 2 N–H and O–H groups in total. The lowest BCUT2D eigenvalue weighted by Gasteiger charge is -2.09. The van der Waals surface area contributed by atoms with Crippen LogP contribution in [0.2, 0.25) is 5.02 Å². The molecule has 0 atom stereocenters. The second-order valence-corrected chi connectivity index (χ2v) is 4.07. The Kier molecular flexibility index (Phi) is 5.55. The Balaban J connectivity index is 2.45. The fourth-order valence-corrected chi connectivity index (χ4v) is 1.46. The van der Waals surface area contributed by atoms with Gasteiger partial charge in [0.15, 0.2) is 0 Å². The van der Waals surface area contributed by atoms with Crippen LogP contribution in [0.15, 0.2) is 18.2 Å². The van der Waals surface area contributed by atoms with Crippen molar-refractivity contribution in [3.63, 3.8) is 0 Å². The molecule has 17 heavy (non-hydrogen) atoms. The number of benzene rings is 1. The van der Waals surface area contributed by atoms with Gasteiger partial charge in [-0.25, -0.2) is 0 Å². The molecule has 3 nitrogen and oxygen atoms in total. The van der Waals surface area contributed by atoms with Crippen LogP contribution in [-0.4, -0.2) is 19.0 Å². The Morgan fingerprint density at radius 3 is 3.00 bits per heavy atom. The van der Waals surface area contributed by atoms with Crippen LogP contribution in [0.5, 0.6) is 0 Å². The molecule has 0 aliphatic rings. The first-order chi connectivity index (χ1) is 8.13. The highest BCUT2D eigenvalue weighted by Gasteiger charge is 2.04. The molecule has 0 spiro atoms. The Labute approximate surface area is 107 Å². The van der Waals surface area contributed by atoms with Crippen molar-refractivity contribution in [2.75, 3.05) is 18.4 Å². The maximum atomic E-state index is 11.6. The third-order valence-electron chi connectivity index (χ3n) is 2.21. The van der Waals surface area contributed by atoms with E-state index in [4.69, 9.17) is 18.0 Å². The summed E-state index contributed by atoms with van der Waals surface area (Å²) in [6.45, 7) is 2.80. The average Bonchev–Trinajstić information content (AvgIpc) is 2.29. The van der Waals surface area contributed by atoms with Crippen LogP contribution in [-0.2, 0) is 4.79 Å². The fraction of sp³-hybridized carbons (Fsp3) is 0.308. The SMILES string of the molecule is C#CCCNCC(=O)Nc1cc(Cl)ccc1C. The van der Waals surface area contributed by atoms with Crippen molar-refractivity contribution in [3.8, 4) is 12.3 Å². The van der Waals surface area contributed by atoms with E-state index in [-0.39, 0.29) is 12.5 Å². The first-order valence-corrected chi connectivity index (χ1v) is 5.71. The van der Waals surface area contributed by atoms with E-state index in [1.807, 2.05) is 13.0 Å². The van der Waals surface area contributed by atoms with E-state index in [2.05, 4.69) is 16.6 Å². The third-order valence-corrected chi connectivity index (χ3v) is 2.44. The number of nitrogens with one attached hydrogen (secondary N) is 2. The summed E-state index contributed by atoms with van der Waals surface area (Å²) in [6, 6.07) is 5.39. The van der Waals surface area contributed by atoms with E-state index in [9.17, 15) is 4.79 Å². The van der Waals surface area contributed by atoms with Crippen LogP contribution in [0, 0.1) is 19.3 Å². The van der Waals surface area contributed by atoms with Crippen molar-refractivity contribution in [1.29, 1.82) is 0 Å². The number of rotatable bonds is 5. The minimum absolute atomic E-state index is 0.104. The van der Waals surface area contributed by atoms with Crippen molar-refractivity contribution in [2.24, 2.45) is 0 Å². The molecule has 1 aromatic rings. The Bertz CT molecular complexity index is 438. The number of hydrogen-bond acceptors (Lipinski definition) is 2. The van der Waals surface area contributed by atoms with Crippen LogP contribution in [0.25, 0.3) is 0 Å². The highest BCUT2D eigenvalue weighted by molar-refractivity contribution is 6.31. The molecular weight excluding hydrogens is 236 g/mol. The lowest BCUT2D eigenvalue weighted by Crippen LogP contribution is -2.28. The average molecular weight is 251 g/mol. The molecule has 0 bridgehead atoms. The lowest BCUT2D eigenvalue weighted by atomic mass is 10.2. The zero-order chi connectivity index (χ0) is 12.7. The van der Waals surface area contributed by atoms with E-state index in [0.717, 1.165) is 11.3 Å². The minimum Gasteiger partial charge on any atom is -0.325 e. The summed E-state index contributed by atoms with van der Waals surface area (Å²) in [4.78, 5) is 11.6. The number of carbonyl (C=O) groups excluding carboxylic acids is 1. The summed E-state index contributed by atoms with van der Waals surface area (Å²) in [5, 5.41) is 6.35. The normalized spacial score (nSPS) is 9.71. The van der Waals surface area contributed by atoms with E-state index in [1.165, 1.54) is 0 Å². The molecule has 0 saturated heterocycles. The van der Waals surface area contributed by atoms with Crippen LogP contribution in [0.1, 0.15) is 12.0 Å². The summed E-state index contributed by atoms with van der Waals surface area (Å²) >= 11 is 5.86. The molecule has 1 rings (SSSR count). The highest BCUT2D eigenvalue weighted by Crippen LogP contribution is 2.19. The molecule has 0 radical (unpaired) electrons. The van der Waals surface area contributed by atoms with Gasteiger partial charge in [0.1, 0.15) is 0 Å². The number of halogens is 1. The van der Waals surface area contributed by atoms with Gasteiger partial charge in [-0.1, -0.05) is 17.7 Å². The van der Waals surface area contributed by atoms with Gasteiger partial charge < -0.3 is 10.6 Å². The third kappa shape index (κ3) is 4.90. The maximum Gasteiger partial charge on any atom is 0.238 e. The quantitative estimate of drug-likeness (QED) is 0.621. The molecule has 1 amide bonds. The van der Waals surface area contributed by atoms with E-state index < -0.39 is 0 Å². The fourth-order valence-electron chi connectivity index (χ4n) is 1.29. The molecule has 0 fully saturated rings. The van der Waals surface area contributed by atoms with Crippen molar-refractivity contribution >= 4 is 23.2 Å². The highest BCUT2D eigenvalue weighted by atomic mass is 35.5. The molecule has 0 unspecified atom stereocenters. The standard InChI is InChI=1S/C13H15ClN2O/c1-3-4-7-15-9-13(17)16-12-8-11(14)6-5-10(12)2/h1,5-6,8,15H,4,7,9H2,2H3,(H,16,17). The molecule has 0 aliphatic heterocycles. The molecule has 0 saturated carbocycles. The monoisotopic (exact) mass is 250 g/mol. The second-order valence-electron chi connectivity index (χ2n) is 3.64. The summed E-state index contributed by atoms with van der Waals surface area (Å²) in [6.07, 6.45) is 5.71. The van der Waals surface area contributed by atoms with Crippen LogP contribution < -0.4 is 10.6 Å². The molecule has 1 aromatic carbocycles. The topological polar surface area (TPSA) is 41.1 Å². The summed E-state index contributed by atoms with van der Waals surface area (Å²) in [5.41, 5.74) is 1.72. The predicted molar refractivity (Wildman–Crippen MR) is 71.1 cm³/mol. The van der Waals surface area contributed by atoms with Gasteiger partial charge >= 0.3 is 0 Å². The molecule has 0 heterocycles. The van der Waals surface area contributed by atoms with Gasteiger partial charge in [0.2, 0.25) is 5.91 Å². The first-order valence-electron chi connectivity index (χ1n) is 5.33. The molecular formula is C13H15ClN2O. The van der Waals surface area contributed by atoms with Crippen molar-refractivity contribution in [2.45, 2.75) is 13.3 Å². The van der Waals surface area contributed by atoms with Crippen molar-refractivity contribution in [3.05, 3.63) is 28.8 Å². The maximum absolute atomic E-state index is 11.6. The van der Waals surface area contributed by atoms with Gasteiger partial charge in [-0.2, -0.15) is 0 Å². The first kappa shape index (κ1) is 13.6. The number of carbonyl (C=O) groups is 1. The van der Waals surface area contributed by atoms with E-state index >= 15 is 0 Å². The van der Waals surface area contributed by atoms with Crippen LogP contribution in [0.4, 0.5) is 5.69 Å². The van der Waals surface area contributed by atoms with Crippen LogP contribution in [0.3, 0.4) is 0 Å². The molecule has 90 valence electrons. The van der Waals surface area contributed by atoms with E-state index in [0.29, 0.717) is 18.0 Å². The van der Waals surface area contributed by atoms with Gasteiger partial charge in [-0.3, -0.25) is 4.79 Å². The molecule has 4 heteroatoms. The predicted octanol–water partition coefficient (Wildman–Crippen LogP) is 2.20. The summed E-state index contributed by atoms with van der Waals surface area (Å²) in [5.74, 6) is 2.39. The Morgan fingerprint density at radius 1 is 1.53 bits per heavy atom. The van der Waals surface area contributed by atoms with Gasteiger partial charge in [0.25, 0.3) is 0 Å². The minimum atomic E-state index is -0.104.